The fourth-order valence-corrected chi connectivity index (χ4v) is 3.87. The third kappa shape index (κ3) is 2.91. The highest BCUT2D eigenvalue weighted by atomic mass is 32.1. The number of fused-ring (bicyclic) bond motifs is 2. The molecule has 0 saturated carbocycles. The van der Waals surface area contributed by atoms with E-state index in [1.54, 1.807) is 11.3 Å². The molecule has 0 aliphatic carbocycles. The number of H-pyrrole nitrogens is 1. The van der Waals surface area contributed by atoms with Gasteiger partial charge in [0.15, 0.2) is 5.58 Å². The lowest BCUT2D eigenvalue weighted by Gasteiger charge is -2.33. The number of oxazole rings is 1. The molecule has 0 unspecified atom stereocenters. The lowest BCUT2D eigenvalue weighted by atomic mass is 9.99. The number of allylic oxidation sites excluding steroid dienone is 3. The van der Waals surface area contributed by atoms with E-state index < -0.39 is 0 Å². The average molecular weight is 390 g/mol. The van der Waals surface area contributed by atoms with Crippen molar-refractivity contribution < 1.29 is 4.42 Å². The summed E-state index contributed by atoms with van der Waals surface area (Å²) in [5.74, 6) is 0. The van der Waals surface area contributed by atoms with Gasteiger partial charge in [-0.1, -0.05) is 28.8 Å². The molecule has 8 heteroatoms. The molecule has 0 radical (unpaired) electrons. The molecule has 28 heavy (non-hydrogen) atoms. The van der Waals surface area contributed by atoms with Gasteiger partial charge in [0.2, 0.25) is 0 Å². The van der Waals surface area contributed by atoms with Crippen LogP contribution in [0, 0.1) is 0 Å². The Morgan fingerprint density at radius 3 is 3.14 bits per heavy atom. The standard InChI is InChI=1S/C20H18N6OS/c28-24-26-11-4-3-5-14(26)8-9-17-19-16(21-13-22-19)10-12-25(17)20-23-15-6-1-2-7-18(15)27-20/h1-8,11,13,17H,9-10,12H2,(H,21,22)/b14-8-/t17-/m0/s1. The summed E-state index contributed by atoms with van der Waals surface area (Å²) in [6, 6.07) is 8.47. The van der Waals surface area contributed by atoms with E-state index in [9.17, 15) is 0 Å². The summed E-state index contributed by atoms with van der Waals surface area (Å²) in [4.78, 5) is 14.7. The topological polar surface area (TPSA) is 73.6 Å². The minimum Gasteiger partial charge on any atom is -0.423 e. The number of para-hydroxylation sites is 2. The summed E-state index contributed by atoms with van der Waals surface area (Å²) in [6.45, 7) is 0.806. The Balaban J connectivity index is 1.50. The fourth-order valence-electron chi connectivity index (χ4n) is 3.72. The quantitative estimate of drug-likeness (QED) is 0.727. The minimum absolute atomic E-state index is 0.0156. The van der Waals surface area contributed by atoms with Crippen molar-refractivity contribution in [1.82, 2.24) is 20.0 Å². The Morgan fingerprint density at radius 1 is 1.32 bits per heavy atom. The van der Waals surface area contributed by atoms with E-state index in [1.165, 1.54) is 5.69 Å². The molecule has 1 aromatic carbocycles. The van der Waals surface area contributed by atoms with Gasteiger partial charge in [0, 0.05) is 24.9 Å². The number of hydrogen-bond donors (Lipinski definition) is 1. The van der Waals surface area contributed by atoms with Gasteiger partial charge in [0.05, 0.1) is 36.2 Å². The molecule has 0 spiro atoms. The van der Waals surface area contributed by atoms with Gasteiger partial charge in [-0.3, -0.25) is 0 Å². The van der Waals surface area contributed by atoms with Crippen LogP contribution in [0.5, 0.6) is 0 Å². The van der Waals surface area contributed by atoms with E-state index in [4.69, 9.17) is 21.8 Å². The molecule has 2 aromatic heterocycles. The molecule has 2 aliphatic heterocycles. The smallest absolute Gasteiger partial charge is 0.298 e. The van der Waals surface area contributed by atoms with Crippen LogP contribution in [-0.2, 0) is 18.8 Å². The molecule has 0 amide bonds. The average Bonchev–Trinajstić information content (AvgIpc) is 3.38. The number of rotatable bonds is 4. The molecule has 1 N–H and O–H groups in total. The van der Waals surface area contributed by atoms with Crippen LogP contribution < -0.4 is 4.90 Å². The third-order valence-corrected chi connectivity index (χ3v) is 5.26. The molecule has 3 aromatic rings. The van der Waals surface area contributed by atoms with Crippen molar-refractivity contribution in [2.75, 3.05) is 11.4 Å². The van der Waals surface area contributed by atoms with E-state index in [0.717, 1.165) is 41.9 Å². The summed E-state index contributed by atoms with van der Waals surface area (Å²) in [5.41, 5.74) is 4.79. The number of benzene rings is 1. The van der Waals surface area contributed by atoms with Gasteiger partial charge in [-0.15, -0.1) is 0 Å². The van der Waals surface area contributed by atoms with Gasteiger partial charge in [-0.2, -0.15) is 4.98 Å². The lowest BCUT2D eigenvalue weighted by molar-refractivity contribution is 0.485. The number of imidazole rings is 1. The van der Waals surface area contributed by atoms with Crippen molar-refractivity contribution in [3.63, 3.8) is 0 Å². The Labute approximate surface area is 167 Å². The van der Waals surface area contributed by atoms with Crippen molar-refractivity contribution in [2.45, 2.75) is 18.9 Å². The number of aromatic amines is 1. The molecule has 4 heterocycles. The third-order valence-electron chi connectivity index (χ3n) is 5.08. The first-order valence-corrected chi connectivity index (χ1v) is 9.52. The summed E-state index contributed by atoms with van der Waals surface area (Å²) in [6.07, 6.45) is 13.2. The van der Waals surface area contributed by atoms with Gasteiger partial charge in [0.25, 0.3) is 6.01 Å². The maximum absolute atomic E-state index is 6.05. The first-order chi connectivity index (χ1) is 13.8. The first-order valence-electron chi connectivity index (χ1n) is 9.15. The molecule has 140 valence electrons. The zero-order valence-electron chi connectivity index (χ0n) is 15.0. The summed E-state index contributed by atoms with van der Waals surface area (Å²) in [7, 11) is 0. The van der Waals surface area contributed by atoms with Crippen molar-refractivity contribution in [3.05, 3.63) is 78.2 Å². The second-order valence-corrected chi connectivity index (χ2v) is 6.84. The summed E-state index contributed by atoms with van der Waals surface area (Å²) >= 11 is 4.88. The molecule has 7 nitrogen and oxygen atoms in total. The predicted octanol–water partition coefficient (Wildman–Crippen LogP) is 3.96. The maximum atomic E-state index is 6.05. The largest absolute Gasteiger partial charge is 0.423 e. The second-order valence-electron chi connectivity index (χ2n) is 6.68. The monoisotopic (exact) mass is 390 g/mol. The van der Waals surface area contributed by atoms with E-state index in [1.807, 2.05) is 48.7 Å². The van der Waals surface area contributed by atoms with Crippen LogP contribution in [0.1, 0.15) is 23.9 Å². The highest BCUT2D eigenvalue weighted by Crippen LogP contribution is 2.36. The molecular formula is C20H18N6OS. The van der Waals surface area contributed by atoms with Crippen molar-refractivity contribution >= 4 is 29.5 Å². The van der Waals surface area contributed by atoms with E-state index >= 15 is 0 Å². The van der Waals surface area contributed by atoms with Crippen molar-refractivity contribution in [1.29, 1.82) is 0 Å². The normalized spacial score (nSPS) is 20.1. The van der Waals surface area contributed by atoms with Crippen LogP contribution >= 0.6 is 0 Å². The second kappa shape index (κ2) is 7.05. The van der Waals surface area contributed by atoms with Crippen LogP contribution in [0.2, 0.25) is 0 Å². The molecular weight excluding hydrogens is 372 g/mol. The minimum atomic E-state index is 0.0156. The van der Waals surface area contributed by atoms with E-state index in [-0.39, 0.29) is 6.04 Å². The number of anilines is 1. The predicted molar refractivity (Wildman–Crippen MR) is 109 cm³/mol. The van der Waals surface area contributed by atoms with Crippen LogP contribution in [0.3, 0.4) is 0 Å². The Kier molecular flexibility index (Phi) is 4.25. The van der Waals surface area contributed by atoms with Gasteiger partial charge < -0.3 is 14.3 Å². The molecule has 1 atom stereocenters. The zero-order valence-corrected chi connectivity index (χ0v) is 15.8. The SMILES string of the molecule is S=NN1C=CC=C/C1=C/C[C@H]1c2nc[nH]c2CCN1c1nc2ccccc2o1. The van der Waals surface area contributed by atoms with Gasteiger partial charge in [-0.05, 0) is 30.7 Å². The lowest BCUT2D eigenvalue weighted by Crippen LogP contribution is -2.35. The highest BCUT2D eigenvalue weighted by molar-refractivity contribution is 7.47. The van der Waals surface area contributed by atoms with E-state index in [2.05, 4.69) is 25.4 Å². The molecule has 2 aliphatic rings. The van der Waals surface area contributed by atoms with Crippen LogP contribution in [0.4, 0.5) is 6.01 Å². The molecule has 0 bridgehead atoms. The Morgan fingerprint density at radius 2 is 2.25 bits per heavy atom. The zero-order chi connectivity index (χ0) is 18.9. The maximum Gasteiger partial charge on any atom is 0.298 e. The summed E-state index contributed by atoms with van der Waals surface area (Å²) < 4.78 is 9.93. The molecule has 0 saturated heterocycles. The van der Waals surface area contributed by atoms with Gasteiger partial charge in [0.1, 0.15) is 5.52 Å². The van der Waals surface area contributed by atoms with Crippen LogP contribution in [0.15, 0.2) is 75.7 Å². The van der Waals surface area contributed by atoms with Gasteiger partial charge in [-0.25, -0.2) is 9.99 Å². The number of hydrogen-bond acceptors (Lipinski definition) is 6. The van der Waals surface area contributed by atoms with Gasteiger partial charge >= 0.3 is 0 Å². The van der Waals surface area contributed by atoms with Crippen LogP contribution in [-0.4, -0.2) is 26.5 Å². The molecule has 0 fully saturated rings. The number of nitrogens with one attached hydrogen (secondary N) is 1. The first kappa shape index (κ1) is 16.9. The van der Waals surface area contributed by atoms with Crippen molar-refractivity contribution in [3.8, 4) is 0 Å². The molecule has 5 rings (SSSR count). The Bertz CT molecular complexity index is 1080. The summed E-state index contributed by atoms with van der Waals surface area (Å²) in [5, 5.41) is 1.69. The number of aromatic nitrogens is 3. The fraction of sp³-hybridized carbons (Fsp3) is 0.200. The number of nitrogens with zero attached hydrogens (tertiary/aromatic N) is 5. The Hall–Kier alpha value is -3.26. The van der Waals surface area contributed by atoms with Crippen LogP contribution in [0.25, 0.3) is 11.1 Å². The highest BCUT2D eigenvalue weighted by Gasteiger charge is 2.32. The van der Waals surface area contributed by atoms with Crippen molar-refractivity contribution in [2.24, 2.45) is 4.47 Å². The van der Waals surface area contributed by atoms with E-state index in [0.29, 0.717) is 6.01 Å².